The second-order valence-corrected chi connectivity index (χ2v) is 5.05. The number of nitrogens with zero attached hydrogens (tertiary/aromatic N) is 1. The van der Waals surface area contributed by atoms with Crippen LogP contribution >= 0.6 is 0 Å². The highest BCUT2D eigenvalue weighted by atomic mass is 16.5. The molecule has 0 aliphatic rings. The summed E-state index contributed by atoms with van der Waals surface area (Å²) in [7, 11) is 1.69. The quantitative estimate of drug-likeness (QED) is 0.767. The molecule has 1 aromatic heterocycles. The topological polar surface area (TPSA) is 34.1 Å². The van der Waals surface area contributed by atoms with Gasteiger partial charge in [0, 0.05) is 34.9 Å². The first kappa shape index (κ1) is 13.4. The smallest absolute Gasteiger partial charge is 0.119 e. The molecule has 1 heterocycles. The number of rotatable bonds is 4. The van der Waals surface area contributed by atoms with Crippen molar-refractivity contribution in [2.24, 2.45) is 0 Å². The second-order valence-electron chi connectivity index (χ2n) is 5.05. The Morgan fingerprint density at radius 1 is 1.10 bits per heavy atom. The van der Waals surface area contributed by atoms with E-state index in [0.29, 0.717) is 0 Å². The van der Waals surface area contributed by atoms with E-state index >= 15 is 0 Å². The fraction of sp³-hybridized carbons (Fsp3) is 0.167. The van der Waals surface area contributed by atoms with Gasteiger partial charge in [-0.25, -0.2) is 0 Å². The van der Waals surface area contributed by atoms with Gasteiger partial charge in [0.1, 0.15) is 5.75 Å². The predicted molar refractivity (Wildman–Crippen MR) is 86.8 cm³/mol. The number of ether oxygens (including phenoxy) is 1. The van der Waals surface area contributed by atoms with E-state index in [-0.39, 0.29) is 6.04 Å². The molecule has 0 saturated carbocycles. The zero-order valence-corrected chi connectivity index (χ0v) is 12.2. The van der Waals surface area contributed by atoms with Crippen LogP contribution in [0.3, 0.4) is 0 Å². The van der Waals surface area contributed by atoms with Gasteiger partial charge in [-0.05, 0) is 36.8 Å². The Kier molecular flexibility index (Phi) is 3.73. The van der Waals surface area contributed by atoms with E-state index in [1.54, 1.807) is 7.11 Å². The molecule has 1 N–H and O–H groups in total. The summed E-state index contributed by atoms with van der Waals surface area (Å²) in [4.78, 5) is 4.17. The zero-order chi connectivity index (χ0) is 14.7. The number of pyridine rings is 1. The molecule has 0 spiro atoms. The first-order valence-corrected chi connectivity index (χ1v) is 7.01. The molecule has 3 aromatic rings. The Hall–Kier alpha value is -2.55. The summed E-state index contributed by atoms with van der Waals surface area (Å²) in [5.74, 6) is 0.878. The molecule has 3 rings (SSSR count). The summed E-state index contributed by atoms with van der Waals surface area (Å²) in [6.45, 7) is 2.15. The molecule has 0 radical (unpaired) electrons. The summed E-state index contributed by atoms with van der Waals surface area (Å²) in [6, 6.07) is 16.6. The lowest BCUT2D eigenvalue weighted by atomic mass is 10.1. The number of benzene rings is 2. The Morgan fingerprint density at radius 3 is 2.81 bits per heavy atom. The average Bonchev–Trinajstić information content (AvgIpc) is 2.55. The molecular formula is C18H18N2O. The largest absolute Gasteiger partial charge is 0.497 e. The summed E-state index contributed by atoms with van der Waals surface area (Å²) in [5.41, 5.74) is 2.31. The summed E-state index contributed by atoms with van der Waals surface area (Å²) < 4.78 is 5.29. The molecule has 0 bridgehead atoms. The van der Waals surface area contributed by atoms with E-state index in [4.69, 9.17) is 4.74 Å². The molecule has 0 fully saturated rings. The van der Waals surface area contributed by atoms with Crippen LogP contribution in [0.4, 0.5) is 5.69 Å². The van der Waals surface area contributed by atoms with Crippen LogP contribution in [0.15, 0.2) is 60.9 Å². The molecule has 21 heavy (non-hydrogen) atoms. The Morgan fingerprint density at radius 2 is 1.95 bits per heavy atom. The number of fused-ring (bicyclic) bond motifs is 1. The summed E-state index contributed by atoms with van der Waals surface area (Å²) in [6.07, 6.45) is 3.71. The van der Waals surface area contributed by atoms with Gasteiger partial charge in [0.25, 0.3) is 0 Å². The average molecular weight is 278 g/mol. The van der Waals surface area contributed by atoms with Crippen molar-refractivity contribution >= 4 is 16.5 Å². The van der Waals surface area contributed by atoms with Crippen LogP contribution in [-0.2, 0) is 0 Å². The van der Waals surface area contributed by atoms with E-state index in [0.717, 1.165) is 16.8 Å². The van der Waals surface area contributed by atoms with Gasteiger partial charge >= 0.3 is 0 Å². The van der Waals surface area contributed by atoms with Crippen LogP contribution in [0.2, 0.25) is 0 Å². The maximum Gasteiger partial charge on any atom is 0.119 e. The number of anilines is 1. The Bertz CT molecular complexity index is 750. The van der Waals surface area contributed by atoms with Gasteiger partial charge in [0.05, 0.1) is 7.11 Å². The number of hydrogen-bond donors (Lipinski definition) is 1. The Labute approximate surface area is 124 Å². The first-order valence-electron chi connectivity index (χ1n) is 7.01. The lowest BCUT2D eigenvalue weighted by molar-refractivity contribution is 0.414. The van der Waals surface area contributed by atoms with Crippen molar-refractivity contribution in [1.29, 1.82) is 0 Å². The van der Waals surface area contributed by atoms with Crippen molar-refractivity contribution in [3.63, 3.8) is 0 Å². The highest BCUT2D eigenvalue weighted by Crippen LogP contribution is 2.27. The molecule has 3 nitrogen and oxygen atoms in total. The molecule has 1 unspecified atom stereocenters. The minimum atomic E-state index is 0.193. The third-order valence-electron chi connectivity index (χ3n) is 3.65. The van der Waals surface area contributed by atoms with Crippen molar-refractivity contribution in [1.82, 2.24) is 4.98 Å². The van der Waals surface area contributed by atoms with Crippen LogP contribution < -0.4 is 10.1 Å². The van der Waals surface area contributed by atoms with Crippen LogP contribution in [0.5, 0.6) is 5.75 Å². The number of methoxy groups -OCH3 is 1. The van der Waals surface area contributed by atoms with Gasteiger partial charge in [0.2, 0.25) is 0 Å². The minimum absolute atomic E-state index is 0.193. The predicted octanol–water partition coefficient (Wildman–Crippen LogP) is 4.42. The van der Waals surface area contributed by atoms with Crippen molar-refractivity contribution in [2.75, 3.05) is 12.4 Å². The lowest BCUT2D eigenvalue weighted by Gasteiger charge is -2.18. The van der Waals surface area contributed by atoms with Crippen LogP contribution in [0.1, 0.15) is 18.5 Å². The van der Waals surface area contributed by atoms with Crippen molar-refractivity contribution in [3.05, 3.63) is 66.5 Å². The number of aromatic nitrogens is 1. The third-order valence-corrected chi connectivity index (χ3v) is 3.65. The van der Waals surface area contributed by atoms with Crippen LogP contribution in [-0.4, -0.2) is 12.1 Å². The minimum Gasteiger partial charge on any atom is -0.497 e. The van der Waals surface area contributed by atoms with Crippen LogP contribution in [0, 0.1) is 0 Å². The maximum atomic E-state index is 5.29. The third kappa shape index (κ3) is 2.82. The normalized spacial score (nSPS) is 12.1. The van der Waals surface area contributed by atoms with Gasteiger partial charge in [-0.2, -0.15) is 0 Å². The van der Waals surface area contributed by atoms with Crippen molar-refractivity contribution < 1.29 is 4.74 Å². The number of hydrogen-bond acceptors (Lipinski definition) is 3. The molecule has 2 aromatic carbocycles. The zero-order valence-electron chi connectivity index (χ0n) is 12.2. The van der Waals surface area contributed by atoms with E-state index < -0.39 is 0 Å². The van der Waals surface area contributed by atoms with E-state index in [2.05, 4.69) is 41.5 Å². The van der Waals surface area contributed by atoms with Gasteiger partial charge < -0.3 is 10.1 Å². The number of nitrogens with one attached hydrogen (secondary N) is 1. The van der Waals surface area contributed by atoms with Crippen molar-refractivity contribution in [2.45, 2.75) is 13.0 Å². The van der Waals surface area contributed by atoms with Crippen LogP contribution in [0.25, 0.3) is 10.8 Å². The molecule has 0 saturated heterocycles. The van der Waals surface area contributed by atoms with Gasteiger partial charge in [-0.15, -0.1) is 0 Å². The van der Waals surface area contributed by atoms with Gasteiger partial charge in [-0.3, -0.25) is 4.98 Å². The van der Waals surface area contributed by atoms with E-state index in [1.165, 1.54) is 10.9 Å². The monoisotopic (exact) mass is 278 g/mol. The molecule has 106 valence electrons. The highest BCUT2D eigenvalue weighted by Gasteiger charge is 2.08. The molecule has 0 amide bonds. The fourth-order valence-electron chi connectivity index (χ4n) is 2.48. The second kappa shape index (κ2) is 5.83. The SMILES string of the molecule is COc1cccc(C(C)Nc2cccc3cnccc23)c1. The van der Waals surface area contributed by atoms with E-state index in [1.807, 2.05) is 36.7 Å². The molecular weight excluding hydrogens is 260 g/mol. The molecule has 0 aliphatic carbocycles. The lowest BCUT2D eigenvalue weighted by Crippen LogP contribution is -2.07. The molecule has 3 heteroatoms. The first-order chi connectivity index (χ1) is 10.3. The Balaban J connectivity index is 1.90. The highest BCUT2D eigenvalue weighted by molar-refractivity contribution is 5.93. The van der Waals surface area contributed by atoms with Crippen molar-refractivity contribution in [3.8, 4) is 5.75 Å². The maximum absolute atomic E-state index is 5.29. The fourth-order valence-corrected chi connectivity index (χ4v) is 2.48. The summed E-state index contributed by atoms with van der Waals surface area (Å²) >= 11 is 0. The summed E-state index contributed by atoms with van der Waals surface area (Å²) in [5, 5.41) is 5.89. The molecule has 1 atom stereocenters. The van der Waals surface area contributed by atoms with E-state index in [9.17, 15) is 0 Å². The standard InChI is InChI=1S/C18H18N2O/c1-13(14-5-3-7-16(11-14)21-2)20-18-8-4-6-15-12-19-10-9-17(15)18/h3-13,20H,1-2H3. The molecule has 0 aliphatic heterocycles. The van der Waals surface area contributed by atoms with Gasteiger partial charge in [0.15, 0.2) is 0 Å². The van der Waals surface area contributed by atoms with Gasteiger partial charge in [-0.1, -0.05) is 24.3 Å².